The molecule has 2 aliphatic heterocycles. The van der Waals surface area contributed by atoms with Crippen LogP contribution in [0.3, 0.4) is 0 Å². The molecule has 2 rings (SSSR count). The minimum atomic E-state index is -0.193. The molecule has 4 nitrogen and oxygen atoms in total. The zero-order valence-corrected chi connectivity index (χ0v) is 10.1. The van der Waals surface area contributed by atoms with E-state index in [-0.39, 0.29) is 12.0 Å². The van der Waals surface area contributed by atoms with Crippen LogP contribution in [0.25, 0.3) is 0 Å². The summed E-state index contributed by atoms with van der Waals surface area (Å²) < 4.78 is 0. The summed E-state index contributed by atoms with van der Waals surface area (Å²) in [6.07, 6.45) is 3.29. The molecule has 0 aromatic rings. The van der Waals surface area contributed by atoms with Gasteiger partial charge in [0.1, 0.15) is 0 Å². The van der Waals surface area contributed by atoms with E-state index in [1.54, 1.807) is 0 Å². The highest BCUT2D eigenvalue weighted by Crippen LogP contribution is 2.21. The first kappa shape index (κ1) is 11.9. The van der Waals surface area contributed by atoms with Crippen LogP contribution in [0, 0.1) is 5.92 Å². The molecule has 0 aromatic heterocycles. The Kier molecular flexibility index (Phi) is 3.82. The van der Waals surface area contributed by atoms with E-state index in [2.05, 4.69) is 11.9 Å². The first-order valence-electron chi connectivity index (χ1n) is 6.32. The molecule has 1 amide bonds. The van der Waals surface area contributed by atoms with Crippen molar-refractivity contribution in [3.8, 4) is 0 Å². The van der Waals surface area contributed by atoms with Gasteiger partial charge in [0.05, 0.1) is 6.10 Å². The zero-order valence-electron chi connectivity index (χ0n) is 10.1. The van der Waals surface area contributed by atoms with Gasteiger partial charge in [0.15, 0.2) is 0 Å². The lowest BCUT2D eigenvalue weighted by atomic mass is 9.94. The second-order valence-electron chi connectivity index (χ2n) is 5.13. The standard InChI is InChI=1S/C12H22N2O2/c1-13-6-2-10(3-7-13)12(16)14-8-4-11(15)5-9-14/h10-11,15H,2-9H2,1H3. The molecule has 1 N–H and O–H groups in total. The third-order valence-electron chi connectivity index (χ3n) is 3.84. The molecular formula is C12H22N2O2. The molecule has 0 radical (unpaired) electrons. The Balaban J connectivity index is 1.83. The van der Waals surface area contributed by atoms with Crippen LogP contribution in [-0.4, -0.2) is 60.1 Å². The average Bonchev–Trinajstić information content (AvgIpc) is 2.30. The van der Waals surface area contributed by atoms with Gasteiger partial charge >= 0.3 is 0 Å². The smallest absolute Gasteiger partial charge is 0.225 e. The van der Waals surface area contributed by atoms with Crippen molar-refractivity contribution in [2.24, 2.45) is 5.92 Å². The van der Waals surface area contributed by atoms with Gasteiger partial charge < -0.3 is 14.9 Å². The van der Waals surface area contributed by atoms with Gasteiger partial charge in [0.25, 0.3) is 0 Å². The molecule has 16 heavy (non-hydrogen) atoms. The molecule has 2 aliphatic rings. The highest BCUT2D eigenvalue weighted by molar-refractivity contribution is 5.79. The monoisotopic (exact) mass is 226 g/mol. The summed E-state index contributed by atoms with van der Waals surface area (Å²) in [5.74, 6) is 0.548. The number of aliphatic hydroxyl groups excluding tert-OH is 1. The quantitative estimate of drug-likeness (QED) is 0.700. The van der Waals surface area contributed by atoms with Gasteiger partial charge in [-0.3, -0.25) is 4.79 Å². The summed E-state index contributed by atoms with van der Waals surface area (Å²) in [4.78, 5) is 16.4. The van der Waals surface area contributed by atoms with Gasteiger partial charge in [-0.1, -0.05) is 0 Å². The van der Waals surface area contributed by atoms with Crippen LogP contribution in [0.15, 0.2) is 0 Å². The lowest BCUT2D eigenvalue weighted by molar-refractivity contribution is -0.139. The van der Waals surface area contributed by atoms with E-state index in [0.717, 1.165) is 51.9 Å². The number of carbonyl (C=O) groups excluding carboxylic acids is 1. The van der Waals surface area contributed by atoms with Crippen LogP contribution in [0.1, 0.15) is 25.7 Å². The summed E-state index contributed by atoms with van der Waals surface area (Å²) in [5.41, 5.74) is 0. The van der Waals surface area contributed by atoms with Crippen molar-refractivity contribution >= 4 is 5.91 Å². The Morgan fingerprint density at radius 1 is 1.06 bits per heavy atom. The molecule has 0 unspecified atom stereocenters. The first-order valence-corrected chi connectivity index (χ1v) is 6.32. The number of amides is 1. The fourth-order valence-corrected chi connectivity index (χ4v) is 2.60. The van der Waals surface area contributed by atoms with Crippen molar-refractivity contribution in [2.45, 2.75) is 31.8 Å². The van der Waals surface area contributed by atoms with Crippen molar-refractivity contribution in [3.05, 3.63) is 0 Å². The fourth-order valence-electron chi connectivity index (χ4n) is 2.60. The number of carbonyl (C=O) groups is 1. The maximum atomic E-state index is 12.2. The number of nitrogens with zero attached hydrogens (tertiary/aromatic N) is 2. The molecule has 2 heterocycles. The second-order valence-corrected chi connectivity index (χ2v) is 5.13. The van der Waals surface area contributed by atoms with E-state index < -0.39 is 0 Å². The van der Waals surface area contributed by atoms with Crippen LogP contribution in [0.4, 0.5) is 0 Å². The Hall–Kier alpha value is -0.610. The van der Waals surface area contributed by atoms with Crippen LogP contribution >= 0.6 is 0 Å². The predicted molar refractivity (Wildman–Crippen MR) is 62.0 cm³/mol. The number of hydrogen-bond donors (Lipinski definition) is 1. The zero-order chi connectivity index (χ0) is 11.5. The van der Waals surface area contributed by atoms with Crippen molar-refractivity contribution in [3.63, 3.8) is 0 Å². The maximum Gasteiger partial charge on any atom is 0.225 e. The van der Waals surface area contributed by atoms with Crippen LogP contribution in [0.2, 0.25) is 0 Å². The summed E-state index contributed by atoms with van der Waals surface area (Å²) in [6.45, 7) is 3.55. The molecule has 2 saturated heterocycles. The Labute approximate surface area is 97.2 Å². The van der Waals surface area contributed by atoms with Crippen LogP contribution in [-0.2, 0) is 4.79 Å². The number of likely N-dealkylation sites (tertiary alicyclic amines) is 2. The molecule has 0 atom stereocenters. The predicted octanol–water partition coefficient (Wildman–Crippen LogP) is 0.311. The first-order chi connectivity index (χ1) is 7.66. The van der Waals surface area contributed by atoms with Gasteiger partial charge in [-0.2, -0.15) is 0 Å². The highest BCUT2D eigenvalue weighted by atomic mass is 16.3. The number of aliphatic hydroxyl groups is 1. The summed E-state index contributed by atoms with van der Waals surface area (Å²) in [5, 5.41) is 9.41. The third kappa shape index (κ3) is 2.74. The molecule has 0 saturated carbocycles. The Morgan fingerprint density at radius 3 is 2.19 bits per heavy atom. The summed E-state index contributed by atoms with van der Waals surface area (Å²) >= 11 is 0. The van der Waals surface area contributed by atoms with E-state index >= 15 is 0 Å². The van der Waals surface area contributed by atoms with E-state index in [4.69, 9.17) is 0 Å². The SMILES string of the molecule is CN1CCC(C(=O)N2CCC(O)CC2)CC1. The highest BCUT2D eigenvalue weighted by Gasteiger charge is 2.29. The second kappa shape index (κ2) is 5.15. The largest absolute Gasteiger partial charge is 0.393 e. The molecule has 2 fully saturated rings. The summed E-state index contributed by atoms with van der Waals surface area (Å²) in [6, 6.07) is 0. The van der Waals surface area contributed by atoms with Gasteiger partial charge in [-0.25, -0.2) is 0 Å². The number of piperidine rings is 2. The van der Waals surface area contributed by atoms with E-state index in [1.807, 2.05) is 4.90 Å². The van der Waals surface area contributed by atoms with Gasteiger partial charge in [0.2, 0.25) is 5.91 Å². The van der Waals surface area contributed by atoms with E-state index in [1.165, 1.54) is 0 Å². The normalized spacial score (nSPS) is 26.0. The van der Waals surface area contributed by atoms with Crippen LogP contribution in [0.5, 0.6) is 0 Å². The van der Waals surface area contributed by atoms with Crippen molar-refractivity contribution in [1.29, 1.82) is 0 Å². The molecule has 4 heteroatoms. The molecule has 0 aliphatic carbocycles. The molecule has 92 valence electrons. The van der Waals surface area contributed by atoms with Crippen molar-refractivity contribution < 1.29 is 9.90 Å². The topological polar surface area (TPSA) is 43.8 Å². The molecular weight excluding hydrogens is 204 g/mol. The Bertz CT molecular complexity index is 217. The molecule has 0 bridgehead atoms. The fraction of sp³-hybridized carbons (Fsp3) is 0.917. The van der Waals surface area contributed by atoms with Gasteiger partial charge in [0, 0.05) is 19.0 Å². The molecule has 0 aromatic carbocycles. The minimum absolute atomic E-state index is 0.193. The average molecular weight is 226 g/mol. The van der Waals surface area contributed by atoms with Crippen molar-refractivity contribution in [2.75, 3.05) is 33.2 Å². The van der Waals surface area contributed by atoms with Crippen LogP contribution < -0.4 is 0 Å². The minimum Gasteiger partial charge on any atom is -0.393 e. The van der Waals surface area contributed by atoms with E-state index in [0.29, 0.717) is 5.91 Å². The summed E-state index contributed by atoms with van der Waals surface area (Å²) in [7, 11) is 2.11. The lowest BCUT2D eigenvalue weighted by Gasteiger charge is -2.35. The maximum absolute atomic E-state index is 12.2. The number of rotatable bonds is 1. The number of hydrogen-bond acceptors (Lipinski definition) is 3. The van der Waals surface area contributed by atoms with Crippen molar-refractivity contribution in [1.82, 2.24) is 9.80 Å². The van der Waals surface area contributed by atoms with Gasteiger partial charge in [-0.15, -0.1) is 0 Å². The molecule has 0 spiro atoms. The Morgan fingerprint density at radius 2 is 1.62 bits per heavy atom. The van der Waals surface area contributed by atoms with Gasteiger partial charge in [-0.05, 0) is 45.8 Å². The third-order valence-corrected chi connectivity index (χ3v) is 3.84. The lowest BCUT2D eigenvalue weighted by Crippen LogP contribution is -2.45. The van der Waals surface area contributed by atoms with E-state index in [9.17, 15) is 9.90 Å².